The Morgan fingerprint density at radius 3 is 2.60 bits per heavy atom. The number of carbonyl (C=O) groups excluding carboxylic acids is 1. The van der Waals surface area contributed by atoms with E-state index in [2.05, 4.69) is 0 Å². The Hall–Kier alpha value is -0.520. The van der Waals surface area contributed by atoms with Crippen molar-refractivity contribution in [2.45, 2.75) is 19.4 Å². The Labute approximate surface area is 91.1 Å². The maximum atomic E-state index is 10.9. The standard InChI is InChI=1S/C8H12NO4PS/c1-5(10)7(9)4-6-2-3-8(15-6)14(11,12)13/h2-3,7H,4,9H2,1H3,(H2,11,12,13)/t7-/m0/s1. The molecular formula is C8H12NO4PS. The van der Waals surface area contributed by atoms with E-state index in [9.17, 15) is 9.36 Å². The molecule has 0 fully saturated rings. The topological polar surface area (TPSA) is 101 Å². The summed E-state index contributed by atoms with van der Waals surface area (Å²) in [6, 6.07) is 2.35. The van der Waals surface area contributed by atoms with Crippen molar-refractivity contribution >= 4 is 29.3 Å². The predicted molar refractivity (Wildman–Crippen MR) is 58.4 cm³/mol. The summed E-state index contributed by atoms with van der Waals surface area (Å²) in [7, 11) is -4.17. The third kappa shape index (κ3) is 3.52. The van der Waals surface area contributed by atoms with Crippen LogP contribution in [0.25, 0.3) is 0 Å². The van der Waals surface area contributed by atoms with E-state index in [1.807, 2.05) is 0 Å². The van der Waals surface area contributed by atoms with Gasteiger partial charge in [-0.2, -0.15) is 0 Å². The molecule has 1 atom stereocenters. The number of nitrogens with two attached hydrogens (primary N) is 1. The van der Waals surface area contributed by atoms with Gasteiger partial charge in [0.15, 0.2) is 0 Å². The Balaban J connectivity index is 2.78. The average molecular weight is 249 g/mol. The molecule has 7 heteroatoms. The molecule has 0 saturated carbocycles. The van der Waals surface area contributed by atoms with Gasteiger partial charge < -0.3 is 15.5 Å². The van der Waals surface area contributed by atoms with Crippen LogP contribution in [-0.2, 0) is 15.8 Å². The monoisotopic (exact) mass is 249 g/mol. The van der Waals surface area contributed by atoms with Crippen LogP contribution >= 0.6 is 18.9 Å². The van der Waals surface area contributed by atoms with Gasteiger partial charge in [-0.3, -0.25) is 9.36 Å². The third-order valence-electron chi connectivity index (χ3n) is 1.88. The minimum atomic E-state index is -4.17. The zero-order valence-electron chi connectivity index (χ0n) is 8.08. The minimum absolute atomic E-state index is 0.00764. The van der Waals surface area contributed by atoms with Crippen LogP contribution in [-0.4, -0.2) is 21.6 Å². The van der Waals surface area contributed by atoms with Gasteiger partial charge >= 0.3 is 7.60 Å². The lowest BCUT2D eigenvalue weighted by molar-refractivity contribution is -0.118. The van der Waals surface area contributed by atoms with Gasteiger partial charge in [-0.15, -0.1) is 11.3 Å². The zero-order chi connectivity index (χ0) is 11.6. The summed E-state index contributed by atoms with van der Waals surface area (Å²) in [6.45, 7) is 1.39. The van der Waals surface area contributed by atoms with Crippen molar-refractivity contribution in [1.29, 1.82) is 0 Å². The molecule has 0 unspecified atom stereocenters. The highest BCUT2D eigenvalue weighted by Crippen LogP contribution is 2.36. The second-order valence-electron chi connectivity index (χ2n) is 3.21. The molecule has 0 radical (unpaired) electrons. The quantitative estimate of drug-likeness (QED) is 0.652. The summed E-state index contributed by atoms with van der Waals surface area (Å²) in [4.78, 5) is 29.3. The first-order valence-electron chi connectivity index (χ1n) is 4.21. The summed E-state index contributed by atoms with van der Waals surface area (Å²) in [5.41, 5.74) is 5.53. The molecule has 0 saturated heterocycles. The normalized spacial score (nSPS) is 13.9. The Morgan fingerprint density at radius 1 is 1.60 bits per heavy atom. The summed E-state index contributed by atoms with van der Waals surface area (Å²) < 4.78 is 10.9. The molecule has 1 aromatic rings. The van der Waals surface area contributed by atoms with Gasteiger partial charge in [-0.05, 0) is 19.1 Å². The lowest BCUT2D eigenvalue weighted by Crippen LogP contribution is -2.30. The molecule has 1 heterocycles. The fourth-order valence-electron chi connectivity index (χ4n) is 0.993. The Morgan fingerprint density at radius 2 is 2.20 bits per heavy atom. The Bertz CT molecular complexity index is 411. The van der Waals surface area contributed by atoms with Gasteiger partial charge in [0.05, 0.1) is 6.04 Å². The number of rotatable bonds is 4. The van der Waals surface area contributed by atoms with Crippen LogP contribution < -0.4 is 10.4 Å². The van der Waals surface area contributed by atoms with Crippen molar-refractivity contribution in [3.63, 3.8) is 0 Å². The first-order valence-corrected chi connectivity index (χ1v) is 6.64. The first-order chi connectivity index (χ1) is 6.80. The van der Waals surface area contributed by atoms with E-state index >= 15 is 0 Å². The van der Waals surface area contributed by atoms with Crippen molar-refractivity contribution in [3.8, 4) is 0 Å². The lowest BCUT2D eigenvalue weighted by atomic mass is 10.1. The smallest absolute Gasteiger partial charge is 0.321 e. The average Bonchev–Trinajstić information content (AvgIpc) is 2.51. The lowest BCUT2D eigenvalue weighted by Gasteiger charge is -2.04. The third-order valence-corrected chi connectivity index (χ3v) is 4.50. The van der Waals surface area contributed by atoms with E-state index in [-0.39, 0.29) is 10.4 Å². The van der Waals surface area contributed by atoms with Crippen LogP contribution in [0.4, 0.5) is 0 Å². The van der Waals surface area contributed by atoms with Crippen molar-refractivity contribution in [2.75, 3.05) is 0 Å². The number of thiophene rings is 1. The van der Waals surface area contributed by atoms with Crippen LogP contribution in [0, 0.1) is 0 Å². The van der Waals surface area contributed by atoms with Crippen LogP contribution in [0.2, 0.25) is 0 Å². The van der Waals surface area contributed by atoms with Gasteiger partial charge in [0.25, 0.3) is 0 Å². The molecule has 5 nitrogen and oxygen atoms in total. The van der Waals surface area contributed by atoms with Gasteiger partial charge in [-0.1, -0.05) is 0 Å². The summed E-state index contributed by atoms with van der Waals surface area (Å²) in [5.74, 6) is -0.138. The molecule has 0 spiro atoms. The number of hydrogen-bond donors (Lipinski definition) is 3. The fourth-order valence-corrected chi connectivity index (χ4v) is 2.89. The summed E-state index contributed by atoms with van der Waals surface area (Å²) >= 11 is 0.990. The highest BCUT2D eigenvalue weighted by molar-refractivity contribution is 7.67. The highest BCUT2D eigenvalue weighted by atomic mass is 32.1. The van der Waals surface area contributed by atoms with Crippen molar-refractivity contribution in [3.05, 3.63) is 17.0 Å². The van der Waals surface area contributed by atoms with Gasteiger partial charge in [0.1, 0.15) is 10.4 Å². The van der Waals surface area contributed by atoms with E-state index in [4.69, 9.17) is 15.5 Å². The molecule has 0 amide bonds. The molecule has 1 rings (SSSR count). The number of hydrogen-bond acceptors (Lipinski definition) is 4. The zero-order valence-corrected chi connectivity index (χ0v) is 9.79. The van der Waals surface area contributed by atoms with Gasteiger partial charge in [0, 0.05) is 11.3 Å². The second-order valence-corrected chi connectivity index (χ2v) is 6.25. The molecule has 0 bridgehead atoms. The van der Waals surface area contributed by atoms with Crippen LogP contribution in [0.15, 0.2) is 12.1 Å². The van der Waals surface area contributed by atoms with Gasteiger partial charge in [0.2, 0.25) is 0 Å². The number of carbonyl (C=O) groups is 1. The fraction of sp³-hybridized carbons (Fsp3) is 0.375. The molecule has 0 aromatic carbocycles. The Kier molecular flexibility index (Phi) is 3.81. The molecule has 84 valence electrons. The van der Waals surface area contributed by atoms with E-state index in [0.717, 1.165) is 11.3 Å². The molecular weight excluding hydrogens is 237 g/mol. The van der Waals surface area contributed by atoms with Crippen LogP contribution in [0.3, 0.4) is 0 Å². The summed E-state index contributed by atoms with van der Waals surface area (Å²) in [5, 5.41) is 0. The molecule has 4 N–H and O–H groups in total. The molecule has 0 aliphatic heterocycles. The van der Waals surface area contributed by atoms with E-state index in [1.54, 1.807) is 6.07 Å². The SMILES string of the molecule is CC(=O)[C@@H](N)Cc1ccc(P(=O)(O)O)s1. The van der Waals surface area contributed by atoms with E-state index < -0.39 is 13.6 Å². The van der Waals surface area contributed by atoms with Crippen LogP contribution in [0.5, 0.6) is 0 Å². The maximum Gasteiger partial charge on any atom is 0.366 e. The van der Waals surface area contributed by atoms with E-state index in [1.165, 1.54) is 13.0 Å². The number of ketones is 1. The largest absolute Gasteiger partial charge is 0.366 e. The minimum Gasteiger partial charge on any atom is -0.321 e. The van der Waals surface area contributed by atoms with Crippen molar-refractivity contribution in [1.82, 2.24) is 0 Å². The molecule has 1 aromatic heterocycles. The molecule has 0 aliphatic carbocycles. The molecule has 15 heavy (non-hydrogen) atoms. The van der Waals surface area contributed by atoms with Crippen molar-refractivity contribution < 1.29 is 19.1 Å². The van der Waals surface area contributed by atoms with Crippen molar-refractivity contribution in [2.24, 2.45) is 5.73 Å². The first kappa shape index (κ1) is 12.5. The van der Waals surface area contributed by atoms with Crippen LogP contribution in [0.1, 0.15) is 11.8 Å². The van der Waals surface area contributed by atoms with E-state index in [0.29, 0.717) is 11.3 Å². The predicted octanol–water partition coefficient (Wildman–Crippen LogP) is 0.00990. The van der Waals surface area contributed by atoms with Gasteiger partial charge in [-0.25, -0.2) is 0 Å². The number of Topliss-reactive ketones (excluding diaryl/α,β-unsaturated/α-hetero) is 1. The highest BCUT2D eigenvalue weighted by Gasteiger charge is 2.20. The second kappa shape index (κ2) is 4.55. The molecule has 0 aliphatic rings. The summed E-state index contributed by atoms with van der Waals surface area (Å²) in [6.07, 6.45) is 0.319. The maximum absolute atomic E-state index is 10.9.